The van der Waals surface area contributed by atoms with Gasteiger partial charge in [0.05, 0.1) is 4.86 Å². The van der Waals surface area contributed by atoms with Crippen molar-refractivity contribution < 1.29 is 4.74 Å². The van der Waals surface area contributed by atoms with Gasteiger partial charge in [-0.15, -0.1) is 12.6 Å². The van der Waals surface area contributed by atoms with E-state index in [1.165, 1.54) is 0 Å². The van der Waals surface area contributed by atoms with Gasteiger partial charge in [-0.25, -0.2) is 0 Å². The van der Waals surface area contributed by atoms with Crippen molar-refractivity contribution in [2.45, 2.75) is 6.42 Å². The zero-order valence-corrected chi connectivity index (χ0v) is 9.72. The lowest BCUT2D eigenvalue weighted by atomic mass is 10.1. The largest absolute Gasteiger partial charge is 0.455 e. The molecule has 0 saturated heterocycles. The maximum absolute atomic E-state index is 5.69. The number of ether oxygens (including phenoxy) is 1. The van der Waals surface area contributed by atoms with Gasteiger partial charge in [-0.2, -0.15) is 0 Å². The highest BCUT2D eigenvalue weighted by Crippen LogP contribution is 2.23. The molecule has 0 unspecified atom stereocenters. The molecule has 1 aliphatic carbocycles. The topological polar surface area (TPSA) is 9.23 Å². The average Bonchev–Trinajstić information content (AvgIpc) is 2.25. The molecule has 15 heavy (non-hydrogen) atoms. The number of hydrogen-bond donors (Lipinski definition) is 1. The van der Waals surface area contributed by atoms with E-state index in [2.05, 4.69) is 12.6 Å². The van der Waals surface area contributed by atoms with Crippen LogP contribution in [-0.2, 0) is 0 Å². The Bertz CT molecular complexity index is 432. The molecule has 0 saturated carbocycles. The minimum absolute atomic E-state index is 0.696. The Hall–Kier alpha value is -1.06. The molecule has 1 aliphatic rings. The Morgan fingerprint density at radius 3 is 2.60 bits per heavy atom. The van der Waals surface area contributed by atoms with E-state index in [0.29, 0.717) is 5.76 Å². The summed E-state index contributed by atoms with van der Waals surface area (Å²) in [6, 6.07) is 9.59. The molecule has 0 radical (unpaired) electrons. The van der Waals surface area contributed by atoms with Crippen LogP contribution >= 0.6 is 24.8 Å². The fourth-order valence-corrected chi connectivity index (χ4v) is 1.91. The highest BCUT2D eigenvalue weighted by molar-refractivity contribution is 7.85. The van der Waals surface area contributed by atoms with E-state index in [4.69, 9.17) is 17.0 Å². The first-order valence-electron chi connectivity index (χ1n) is 4.63. The van der Waals surface area contributed by atoms with Crippen molar-refractivity contribution in [3.05, 3.63) is 53.1 Å². The SMILES string of the molecule is S=C1CC=CC(S)=C1Oc1ccccc1. The molecule has 2 rings (SSSR count). The van der Waals surface area contributed by atoms with Crippen LogP contribution in [0.3, 0.4) is 0 Å². The Kier molecular flexibility index (Phi) is 3.23. The van der Waals surface area contributed by atoms with Crippen molar-refractivity contribution in [2.75, 3.05) is 0 Å². The second-order valence-electron chi connectivity index (χ2n) is 3.16. The van der Waals surface area contributed by atoms with Gasteiger partial charge in [-0.1, -0.05) is 36.5 Å². The van der Waals surface area contributed by atoms with Crippen molar-refractivity contribution in [3.63, 3.8) is 0 Å². The lowest BCUT2D eigenvalue weighted by molar-refractivity contribution is 0.453. The number of allylic oxidation sites excluding steroid dienone is 3. The zero-order valence-electron chi connectivity index (χ0n) is 8.01. The summed E-state index contributed by atoms with van der Waals surface area (Å²) >= 11 is 9.55. The average molecular weight is 234 g/mol. The van der Waals surface area contributed by atoms with Gasteiger partial charge in [-0.05, 0) is 18.2 Å². The first kappa shape index (κ1) is 10.5. The zero-order chi connectivity index (χ0) is 10.7. The van der Waals surface area contributed by atoms with E-state index in [1.54, 1.807) is 0 Å². The normalized spacial score (nSPS) is 15.7. The maximum atomic E-state index is 5.69. The van der Waals surface area contributed by atoms with Crippen LogP contribution in [-0.4, -0.2) is 4.86 Å². The number of rotatable bonds is 2. The van der Waals surface area contributed by atoms with E-state index in [9.17, 15) is 0 Å². The van der Waals surface area contributed by atoms with Gasteiger partial charge in [0.25, 0.3) is 0 Å². The molecule has 0 aromatic heterocycles. The number of thiol groups is 1. The van der Waals surface area contributed by atoms with E-state index in [-0.39, 0.29) is 0 Å². The van der Waals surface area contributed by atoms with Crippen LogP contribution in [0, 0.1) is 0 Å². The number of thiocarbonyl (C=S) groups is 1. The molecule has 1 aromatic rings. The molecule has 1 nitrogen and oxygen atoms in total. The van der Waals surface area contributed by atoms with Crippen molar-refractivity contribution >= 4 is 29.7 Å². The van der Waals surface area contributed by atoms with Gasteiger partial charge >= 0.3 is 0 Å². The van der Waals surface area contributed by atoms with Crippen LogP contribution in [0.2, 0.25) is 0 Å². The summed E-state index contributed by atoms with van der Waals surface area (Å²) in [6.45, 7) is 0. The summed E-state index contributed by atoms with van der Waals surface area (Å²) in [4.78, 5) is 1.58. The predicted molar refractivity (Wildman–Crippen MR) is 69.4 cm³/mol. The molecule has 0 fully saturated rings. The minimum Gasteiger partial charge on any atom is -0.455 e. The van der Waals surface area contributed by atoms with Gasteiger partial charge in [0.2, 0.25) is 0 Å². The number of para-hydroxylation sites is 1. The molecule has 0 aliphatic heterocycles. The fraction of sp³-hybridized carbons (Fsp3) is 0.0833. The Morgan fingerprint density at radius 1 is 1.20 bits per heavy atom. The van der Waals surface area contributed by atoms with Crippen LogP contribution in [0.15, 0.2) is 53.1 Å². The molecule has 0 bridgehead atoms. The summed E-state index contributed by atoms with van der Waals surface area (Å²) in [6.07, 6.45) is 4.65. The molecule has 0 atom stereocenters. The van der Waals surface area contributed by atoms with Gasteiger partial charge in [0.1, 0.15) is 5.75 Å². The smallest absolute Gasteiger partial charge is 0.154 e. The molecule has 3 heteroatoms. The van der Waals surface area contributed by atoms with Crippen LogP contribution in [0.4, 0.5) is 0 Å². The third kappa shape index (κ3) is 2.49. The van der Waals surface area contributed by atoms with Gasteiger partial charge in [0.15, 0.2) is 5.76 Å². The summed E-state index contributed by atoms with van der Waals surface area (Å²) in [5.41, 5.74) is 0. The third-order valence-electron chi connectivity index (χ3n) is 2.03. The van der Waals surface area contributed by atoms with Gasteiger partial charge in [0, 0.05) is 11.3 Å². The summed E-state index contributed by atoms with van der Waals surface area (Å²) in [5.74, 6) is 1.48. The molecule has 0 spiro atoms. The van der Waals surface area contributed by atoms with Crippen molar-refractivity contribution in [2.24, 2.45) is 0 Å². The van der Waals surface area contributed by atoms with Crippen LogP contribution in [0.1, 0.15) is 6.42 Å². The van der Waals surface area contributed by atoms with Gasteiger partial charge < -0.3 is 4.74 Å². The van der Waals surface area contributed by atoms with E-state index in [1.807, 2.05) is 42.5 Å². The molecular weight excluding hydrogens is 224 g/mol. The monoisotopic (exact) mass is 234 g/mol. The standard InChI is InChI=1S/C12H10OS2/c14-10-7-4-8-11(15)12(10)13-9-5-2-1-3-6-9/h1-7,14H,8H2. The fourth-order valence-electron chi connectivity index (χ4n) is 1.30. The maximum Gasteiger partial charge on any atom is 0.154 e. The lowest BCUT2D eigenvalue weighted by Gasteiger charge is -2.14. The van der Waals surface area contributed by atoms with Gasteiger partial charge in [-0.3, -0.25) is 0 Å². The Morgan fingerprint density at radius 2 is 1.93 bits per heavy atom. The summed E-state index contributed by atoms with van der Waals surface area (Å²) in [7, 11) is 0. The Labute approximate surface area is 99.9 Å². The van der Waals surface area contributed by atoms with E-state index >= 15 is 0 Å². The summed E-state index contributed by atoms with van der Waals surface area (Å²) in [5, 5.41) is 0. The van der Waals surface area contributed by atoms with Crippen LogP contribution < -0.4 is 4.74 Å². The predicted octanol–water partition coefficient (Wildman–Crippen LogP) is 3.54. The second-order valence-corrected chi connectivity index (χ2v) is 4.13. The van der Waals surface area contributed by atoms with E-state index in [0.717, 1.165) is 21.9 Å². The summed E-state index contributed by atoms with van der Waals surface area (Å²) < 4.78 is 5.69. The minimum atomic E-state index is 0.696. The van der Waals surface area contributed by atoms with Crippen LogP contribution in [0.5, 0.6) is 5.75 Å². The molecule has 0 N–H and O–H groups in total. The second kappa shape index (κ2) is 4.64. The number of benzene rings is 1. The number of hydrogen-bond acceptors (Lipinski definition) is 3. The molecule has 0 heterocycles. The highest BCUT2D eigenvalue weighted by Gasteiger charge is 2.13. The quantitative estimate of drug-likeness (QED) is 0.619. The first-order valence-corrected chi connectivity index (χ1v) is 5.49. The van der Waals surface area contributed by atoms with Crippen molar-refractivity contribution in [3.8, 4) is 5.75 Å². The molecular formula is C12H10OS2. The van der Waals surface area contributed by atoms with E-state index < -0.39 is 0 Å². The highest BCUT2D eigenvalue weighted by atomic mass is 32.1. The molecule has 0 amide bonds. The molecule has 1 aromatic carbocycles. The molecule has 76 valence electrons. The van der Waals surface area contributed by atoms with Crippen molar-refractivity contribution in [1.82, 2.24) is 0 Å². The lowest BCUT2D eigenvalue weighted by Crippen LogP contribution is -2.10. The first-order chi connectivity index (χ1) is 7.27. The van der Waals surface area contributed by atoms with Crippen molar-refractivity contribution in [1.29, 1.82) is 0 Å². The Balaban J connectivity index is 2.25. The van der Waals surface area contributed by atoms with Crippen LogP contribution in [0.25, 0.3) is 0 Å². The third-order valence-corrected chi connectivity index (χ3v) is 2.73.